The molecular formula is C17H17IN2O4. The fourth-order valence-corrected chi connectivity index (χ4v) is 2.77. The topological polar surface area (TPSA) is 80.2 Å². The lowest BCUT2D eigenvalue weighted by atomic mass is 10.2. The largest absolute Gasteiger partial charge is 0.493 e. The summed E-state index contributed by atoms with van der Waals surface area (Å²) in [6.45, 7) is 1.84. The number of aryl methyl sites for hydroxylation is 1. The summed E-state index contributed by atoms with van der Waals surface area (Å²) in [6, 6.07) is 10.9. The van der Waals surface area contributed by atoms with Gasteiger partial charge in [0.05, 0.1) is 16.9 Å². The molecular weight excluding hydrogens is 423 g/mol. The van der Waals surface area contributed by atoms with Crippen molar-refractivity contribution in [3.63, 3.8) is 0 Å². The number of benzene rings is 2. The minimum absolute atomic E-state index is 0.145. The monoisotopic (exact) mass is 440 g/mol. The van der Waals surface area contributed by atoms with Gasteiger partial charge in [0.1, 0.15) is 0 Å². The molecule has 2 rings (SSSR count). The Hall–Kier alpha value is -2.29. The molecule has 0 aromatic heterocycles. The van der Waals surface area contributed by atoms with Crippen LogP contribution in [0.2, 0.25) is 0 Å². The zero-order valence-electron chi connectivity index (χ0n) is 13.2. The quantitative estimate of drug-likeness (QED) is 0.312. The Morgan fingerprint density at radius 1 is 1.33 bits per heavy atom. The molecule has 0 spiro atoms. The summed E-state index contributed by atoms with van der Waals surface area (Å²) in [5.74, 6) is 0.657. The van der Waals surface area contributed by atoms with Crippen LogP contribution >= 0.6 is 22.6 Å². The number of hydrogen-bond acceptors (Lipinski definition) is 5. The van der Waals surface area contributed by atoms with Crippen LogP contribution in [-0.2, 0) is 4.79 Å². The Labute approximate surface area is 153 Å². The van der Waals surface area contributed by atoms with Crippen molar-refractivity contribution in [2.24, 2.45) is 5.16 Å². The zero-order valence-corrected chi connectivity index (χ0v) is 15.4. The van der Waals surface area contributed by atoms with Crippen molar-refractivity contribution in [1.29, 1.82) is 0 Å². The first-order valence-corrected chi connectivity index (χ1v) is 8.15. The molecule has 2 aromatic carbocycles. The van der Waals surface area contributed by atoms with Crippen LogP contribution in [0.3, 0.4) is 0 Å². The van der Waals surface area contributed by atoms with Crippen molar-refractivity contribution in [2.75, 3.05) is 19.0 Å². The molecule has 0 bridgehead atoms. The lowest BCUT2D eigenvalue weighted by Crippen LogP contribution is -2.20. The second-order valence-electron chi connectivity index (χ2n) is 4.98. The molecule has 0 fully saturated rings. The highest BCUT2D eigenvalue weighted by molar-refractivity contribution is 14.1. The first kappa shape index (κ1) is 18.1. The van der Waals surface area contributed by atoms with Gasteiger partial charge >= 0.3 is 0 Å². The van der Waals surface area contributed by atoms with E-state index in [0.29, 0.717) is 22.7 Å². The number of anilines is 1. The van der Waals surface area contributed by atoms with Gasteiger partial charge in [-0.2, -0.15) is 0 Å². The van der Waals surface area contributed by atoms with Gasteiger partial charge in [-0.3, -0.25) is 4.79 Å². The molecule has 0 saturated heterocycles. The molecule has 6 nitrogen and oxygen atoms in total. The normalized spacial score (nSPS) is 10.6. The van der Waals surface area contributed by atoms with Crippen LogP contribution in [0.4, 0.5) is 5.69 Å². The van der Waals surface area contributed by atoms with Crippen LogP contribution < -0.4 is 14.8 Å². The molecule has 0 radical (unpaired) electrons. The molecule has 0 aliphatic heterocycles. The number of hydrogen-bond donors (Lipinski definition) is 2. The molecule has 1 amide bonds. The predicted octanol–water partition coefficient (Wildman–Crippen LogP) is 3.43. The van der Waals surface area contributed by atoms with E-state index in [1.165, 1.54) is 13.3 Å². The number of amides is 1. The van der Waals surface area contributed by atoms with Crippen LogP contribution in [0, 0.1) is 10.5 Å². The first-order chi connectivity index (χ1) is 11.5. The van der Waals surface area contributed by atoms with Crippen molar-refractivity contribution >= 4 is 40.4 Å². The van der Waals surface area contributed by atoms with E-state index in [0.717, 1.165) is 9.13 Å². The van der Waals surface area contributed by atoms with Gasteiger partial charge in [0.2, 0.25) is 0 Å². The number of rotatable bonds is 6. The molecule has 0 unspecified atom stereocenters. The Kier molecular flexibility index (Phi) is 6.42. The summed E-state index contributed by atoms with van der Waals surface area (Å²) in [6.07, 6.45) is 1.29. The summed E-state index contributed by atoms with van der Waals surface area (Å²) in [4.78, 5) is 12.0. The minimum Gasteiger partial charge on any atom is -0.493 e. The Morgan fingerprint density at radius 3 is 2.67 bits per heavy atom. The van der Waals surface area contributed by atoms with E-state index >= 15 is 0 Å². The van der Waals surface area contributed by atoms with Crippen LogP contribution in [-0.4, -0.2) is 31.0 Å². The van der Waals surface area contributed by atoms with Gasteiger partial charge in [-0.15, -0.1) is 0 Å². The maximum absolute atomic E-state index is 12.0. The second-order valence-corrected chi connectivity index (χ2v) is 6.14. The van der Waals surface area contributed by atoms with E-state index in [-0.39, 0.29) is 12.5 Å². The van der Waals surface area contributed by atoms with Gasteiger partial charge in [0.25, 0.3) is 5.91 Å². The molecule has 0 atom stereocenters. The number of methoxy groups -OCH3 is 1. The van der Waals surface area contributed by atoms with Crippen molar-refractivity contribution in [1.82, 2.24) is 0 Å². The number of carbonyl (C=O) groups excluding carboxylic acids is 1. The summed E-state index contributed by atoms with van der Waals surface area (Å²) in [5, 5.41) is 14.4. The average molecular weight is 440 g/mol. The summed E-state index contributed by atoms with van der Waals surface area (Å²) in [5.41, 5.74) is 2.50. The second kappa shape index (κ2) is 8.53. The molecule has 2 N–H and O–H groups in total. The molecule has 7 heteroatoms. The maximum Gasteiger partial charge on any atom is 0.262 e. The summed E-state index contributed by atoms with van der Waals surface area (Å²) >= 11 is 2.07. The molecule has 0 aliphatic rings. The summed E-state index contributed by atoms with van der Waals surface area (Å²) < 4.78 is 11.6. The van der Waals surface area contributed by atoms with Crippen LogP contribution in [0.5, 0.6) is 11.5 Å². The Bertz CT molecular complexity index is 745. The lowest BCUT2D eigenvalue weighted by Gasteiger charge is -2.13. The average Bonchev–Trinajstić information content (AvgIpc) is 2.56. The van der Waals surface area contributed by atoms with Crippen LogP contribution in [0.15, 0.2) is 41.6 Å². The van der Waals surface area contributed by atoms with Crippen molar-refractivity contribution in [3.8, 4) is 11.5 Å². The maximum atomic E-state index is 12.0. The van der Waals surface area contributed by atoms with E-state index in [1.54, 1.807) is 12.1 Å². The van der Waals surface area contributed by atoms with Crippen LogP contribution in [0.25, 0.3) is 0 Å². The fourth-order valence-electron chi connectivity index (χ4n) is 1.99. The predicted molar refractivity (Wildman–Crippen MR) is 100 cm³/mol. The van der Waals surface area contributed by atoms with Crippen molar-refractivity contribution in [3.05, 3.63) is 51.1 Å². The number of halogens is 1. The zero-order chi connectivity index (χ0) is 17.5. The summed E-state index contributed by atoms with van der Waals surface area (Å²) in [7, 11) is 1.50. The number of oxime groups is 1. The smallest absolute Gasteiger partial charge is 0.262 e. The van der Waals surface area contributed by atoms with Crippen LogP contribution in [0.1, 0.15) is 11.1 Å². The highest BCUT2D eigenvalue weighted by Crippen LogP contribution is 2.33. The third-order valence-electron chi connectivity index (χ3n) is 3.14. The van der Waals surface area contributed by atoms with E-state index in [4.69, 9.17) is 14.7 Å². The van der Waals surface area contributed by atoms with Gasteiger partial charge in [-0.05, 0) is 53.8 Å². The molecule has 0 aliphatic carbocycles. The fraction of sp³-hybridized carbons (Fsp3) is 0.176. The molecule has 0 heterocycles. The van der Waals surface area contributed by atoms with Gasteiger partial charge in [-0.25, -0.2) is 0 Å². The number of nitrogens with one attached hydrogen (secondary N) is 1. The van der Waals surface area contributed by atoms with Gasteiger partial charge in [-0.1, -0.05) is 22.9 Å². The van der Waals surface area contributed by atoms with Crippen molar-refractivity contribution in [2.45, 2.75) is 6.92 Å². The van der Waals surface area contributed by atoms with Crippen molar-refractivity contribution < 1.29 is 19.5 Å². The highest BCUT2D eigenvalue weighted by Gasteiger charge is 2.13. The highest BCUT2D eigenvalue weighted by atomic mass is 127. The van der Waals surface area contributed by atoms with E-state index in [9.17, 15) is 4.79 Å². The van der Waals surface area contributed by atoms with E-state index in [2.05, 4.69) is 33.1 Å². The first-order valence-electron chi connectivity index (χ1n) is 7.07. The van der Waals surface area contributed by atoms with Gasteiger partial charge in [0, 0.05) is 11.3 Å². The van der Waals surface area contributed by atoms with E-state index < -0.39 is 0 Å². The van der Waals surface area contributed by atoms with E-state index in [1.807, 2.05) is 31.2 Å². The standard InChI is InChI=1S/C17H17IN2O4/c1-11-3-5-13(6-4-11)20-16(21)10-24-17-14(18)7-12(9-19-22)8-15(17)23-2/h3-9,22H,10H2,1-2H3,(H,20,21)/b19-9-. The Morgan fingerprint density at radius 2 is 2.04 bits per heavy atom. The molecule has 2 aromatic rings. The third kappa shape index (κ3) is 4.85. The molecule has 126 valence electrons. The lowest BCUT2D eigenvalue weighted by molar-refractivity contribution is -0.118. The molecule has 0 saturated carbocycles. The molecule has 24 heavy (non-hydrogen) atoms. The minimum atomic E-state index is -0.266. The number of carbonyl (C=O) groups is 1. The van der Waals surface area contributed by atoms with Gasteiger partial charge < -0.3 is 20.0 Å². The number of ether oxygens (including phenoxy) is 2. The Balaban J connectivity index is 2.05. The third-order valence-corrected chi connectivity index (χ3v) is 3.94. The number of nitrogens with zero attached hydrogens (tertiary/aromatic N) is 1. The SMILES string of the molecule is COc1cc(/C=N\O)cc(I)c1OCC(=O)Nc1ccc(C)cc1. The van der Waals surface area contributed by atoms with Gasteiger partial charge in [0.15, 0.2) is 18.1 Å².